The van der Waals surface area contributed by atoms with Gasteiger partial charge in [0.2, 0.25) is 0 Å². The molecule has 0 fully saturated rings. The Morgan fingerprint density at radius 2 is 0.500 bits per heavy atom. The Balaban J connectivity index is 2.96. The van der Waals surface area contributed by atoms with E-state index in [9.17, 15) is 0 Å². The van der Waals surface area contributed by atoms with Crippen LogP contribution in [0.5, 0.6) is 0 Å². The summed E-state index contributed by atoms with van der Waals surface area (Å²) >= 11 is 0. The third kappa shape index (κ3) is 26.7. The van der Waals surface area contributed by atoms with E-state index >= 15 is 0 Å². The normalized spacial score (nSPS) is 11.4. The van der Waals surface area contributed by atoms with E-state index in [4.69, 9.17) is 0 Å². The van der Waals surface area contributed by atoms with Gasteiger partial charge in [-0.25, -0.2) is 0 Å². The molecule has 0 nitrogen and oxygen atoms in total. The molecule has 0 radical (unpaired) electrons. The second-order valence-electron chi connectivity index (χ2n) is 8.72. The maximum atomic E-state index is 2.30. The summed E-state index contributed by atoms with van der Waals surface area (Å²) < 4.78 is 0. The molecule has 0 aromatic heterocycles. The zero-order valence-corrected chi connectivity index (χ0v) is 21.4. The van der Waals surface area contributed by atoms with Gasteiger partial charge < -0.3 is 0 Å². The Hall–Kier alpha value is 0.700. The number of unbranched alkanes of at least 4 members (excludes halogenated alkanes) is 20. The van der Waals surface area contributed by atoms with Crippen molar-refractivity contribution in [3.63, 3.8) is 0 Å². The van der Waals surface area contributed by atoms with E-state index in [1.54, 1.807) is 0 Å². The topological polar surface area (TPSA) is 0 Å². The molecule has 0 bridgehead atoms. The largest absolute Gasteiger partial charge is 0.0942 e. The summed E-state index contributed by atoms with van der Waals surface area (Å²) in [6, 6.07) is 0. The zero-order valence-electron chi connectivity index (χ0n) is 19.8. The van der Waals surface area contributed by atoms with Gasteiger partial charge in [0.25, 0.3) is 0 Å². The molecule has 0 aliphatic heterocycles. The van der Waals surface area contributed by atoms with Crippen LogP contribution in [0.3, 0.4) is 0 Å². The predicted octanol–water partition coefficient (Wildman–Crippen LogP) is 11.0. The standard InChI is InChI=1S/C26H54S2/c1-3-5-7-9-11-13-15-16-18-20-22-24-26-28-27-25-23-21-19-17-14-12-10-8-6-4-2/h3-26H2,1-2H3. The smallest absolute Gasteiger partial charge is 0.00369 e. The first-order valence-corrected chi connectivity index (χ1v) is 15.6. The Morgan fingerprint density at radius 1 is 0.286 bits per heavy atom. The summed E-state index contributed by atoms with van der Waals surface area (Å²) in [5.41, 5.74) is 0. The van der Waals surface area contributed by atoms with Crippen LogP contribution in [0.4, 0.5) is 0 Å². The lowest BCUT2D eigenvalue weighted by molar-refractivity contribution is 0.548. The second-order valence-corrected chi connectivity index (χ2v) is 11.4. The molecule has 0 amide bonds. The molecule has 28 heavy (non-hydrogen) atoms. The Bertz CT molecular complexity index is 229. The highest BCUT2D eigenvalue weighted by Crippen LogP contribution is 2.25. The van der Waals surface area contributed by atoms with E-state index in [1.165, 1.54) is 153 Å². The van der Waals surface area contributed by atoms with Gasteiger partial charge in [-0.1, -0.05) is 164 Å². The van der Waals surface area contributed by atoms with Gasteiger partial charge in [0.15, 0.2) is 0 Å². The van der Waals surface area contributed by atoms with Gasteiger partial charge in [-0.05, 0) is 12.8 Å². The first kappa shape index (κ1) is 28.7. The third-order valence-electron chi connectivity index (χ3n) is 5.75. The summed E-state index contributed by atoms with van der Waals surface area (Å²) in [5, 5.41) is 0. The lowest BCUT2D eigenvalue weighted by atomic mass is 10.1. The van der Waals surface area contributed by atoms with Crippen molar-refractivity contribution in [2.24, 2.45) is 0 Å². The first-order chi connectivity index (χ1) is 13.9. The monoisotopic (exact) mass is 430 g/mol. The van der Waals surface area contributed by atoms with Gasteiger partial charge in [0.05, 0.1) is 0 Å². The molecule has 0 aliphatic rings. The summed E-state index contributed by atoms with van der Waals surface area (Å²) in [7, 11) is 4.26. The maximum absolute atomic E-state index is 2.30. The second kappa shape index (κ2) is 27.7. The minimum Gasteiger partial charge on any atom is -0.0942 e. The quantitative estimate of drug-likeness (QED) is 0.104. The molecule has 0 spiro atoms. The van der Waals surface area contributed by atoms with E-state index < -0.39 is 0 Å². The fourth-order valence-electron chi connectivity index (χ4n) is 3.77. The van der Waals surface area contributed by atoms with Crippen molar-refractivity contribution in [3.8, 4) is 0 Å². The summed E-state index contributed by atoms with van der Waals surface area (Å²) in [6.45, 7) is 4.60. The highest BCUT2D eigenvalue weighted by Gasteiger charge is 1.96. The first-order valence-electron chi connectivity index (χ1n) is 13.2. The van der Waals surface area contributed by atoms with Crippen LogP contribution in [0.2, 0.25) is 0 Å². The fourth-order valence-corrected chi connectivity index (χ4v) is 6.06. The molecule has 0 aliphatic carbocycles. The van der Waals surface area contributed by atoms with E-state index in [1.807, 2.05) is 0 Å². The minimum atomic E-state index is 1.37. The molecule has 0 unspecified atom stereocenters. The molecule has 170 valence electrons. The molecule has 0 heterocycles. The lowest BCUT2D eigenvalue weighted by Gasteiger charge is -2.04. The lowest BCUT2D eigenvalue weighted by Crippen LogP contribution is -1.84. The highest BCUT2D eigenvalue weighted by atomic mass is 33.1. The summed E-state index contributed by atoms with van der Waals surface area (Å²) in [4.78, 5) is 0. The van der Waals surface area contributed by atoms with Crippen LogP contribution in [0.25, 0.3) is 0 Å². The Morgan fingerprint density at radius 3 is 0.750 bits per heavy atom. The van der Waals surface area contributed by atoms with Crippen LogP contribution in [0.1, 0.15) is 155 Å². The molecule has 0 saturated carbocycles. The molecular weight excluding hydrogens is 376 g/mol. The van der Waals surface area contributed by atoms with Crippen LogP contribution in [-0.4, -0.2) is 11.5 Å². The predicted molar refractivity (Wildman–Crippen MR) is 138 cm³/mol. The van der Waals surface area contributed by atoms with Crippen molar-refractivity contribution in [3.05, 3.63) is 0 Å². The number of hydrogen-bond donors (Lipinski definition) is 0. The SMILES string of the molecule is CCCCCCCCCCCCCCSSCCCCCCCCCCCC. The number of hydrogen-bond acceptors (Lipinski definition) is 2. The molecule has 2 heteroatoms. The number of rotatable bonds is 25. The molecule has 0 aromatic rings. The van der Waals surface area contributed by atoms with Gasteiger partial charge in [0, 0.05) is 11.5 Å². The van der Waals surface area contributed by atoms with Gasteiger partial charge in [-0.2, -0.15) is 0 Å². The Kier molecular flexibility index (Phi) is 28.4. The third-order valence-corrected chi connectivity index (χ3v) is 8.32. The van der Waals surface area contributed by atoms with Gasteiger partial charge in [-0.3, -0.25) is 0 Å². The molecule has 0 aromatic carbocycles. The van der Waals surface area contributed by atoms with Crippen LogP contribution < -0.4 is 0 Å². The molecule has 0 atom stereocenters. The average Bonchev–Trinajstić information content (AvgIpc) is 2.71. The van der Waals surface area contributed by atoms with E-state index in [0.29, 0.717) is 0 Å². The Labute approximate surface area is 188 Å². The molecule has 0 N–H and O–H groups in total. The van der Waals surface area contributed by atoms with Crippen molar-refractivity contribution < 1.29 is 0 Å². The fraction of sp³-hybridized carbons (Fsp3) is 1.00. The summed E-state index contributed by atoms with van der Waals surface area (Å²) in [6.07, 6.45) is 32.1. The van der Waals surface area contributed by atoms with Gasteiger partial charge in [0.1, 0.15) is 0 Å². The highest BCUT2D eigenvalue weighted by molar-refractivity contribution is 8.76. The van der Waals surface area contributed by atoms with Crippen LogP contribution in [0.15, 0.2) is 0 Å². The van der Waals surface area contributed by atoms with E-state index in [0.717, 1.165) is 0 Å². The van der Waals surface area contributed by atoms with E-state index in [2.05, 4.69) is 35.4 Å². The van der Waals surface area contributed by atoms with Crippen molar-refractivity contribution in [1.29, 1.82) is 0 Å². The van der Waals surface area contributed by atoms with E-state index in [-0.39, 0.29) is 0 Å². The molecule has 0 saturated heterocycles. The zero-order chi connectivity index (χ0) is 20.4. The summed E-state index contributed by atoms with van der Waals surface area (Å²) in [5.74, 6) is 2.75. The van der Waals surface area contributed by atoms with Gasteiger partial charge >= 0.3 is 0 Å². The van der Waals surface area contributed by atoms with Crippen molar-refractivity contribution >= 4 is 21.6 Å². The molecular formula is C26H54S2. The van der Waals surface area contributed by atoms with Crippen molar-refractivity contribution in [2.45, 2.75) is 155 Å². The van der Waals surface area contributed by atoms with Gasteiger partial charge in [-0.15, -0.1) is 0 Å². The van der Waals surface area contributed by atoms with Crippen molar-refractivity contribution in [1.82, 2.24) is 0 Å². The van der Waals surface area contributed by atoms with Crippen molar-refractivity contribution in [2.75, 3.05) is 11.5 Å². The molecule has 0 rings (SSSR count). The van der Waals surface area contributed by atoms with Crippen LogP contribution in [0, 0.1) is 0 Å². The maximum Gasteiger partial charge on any atom is 0.00369 e. The minimum absolute atomic E-state index is 1.37. The van der Waals surface area contributed by atoms with Crippen LogP contribution >= 0.6 is 21.6 Å². The van der Waals surface area contributed by atoms with Crippen LogP contribution in [-0.2, 0) is 0 Å². The average molecular weight is 431 g/mol.